The predicted molar refractivity (Wildman–Crippen MR) is 143 cm³/mol. The molecule has 5 rings (SSSR count). The van der Waals surface area contributed by atoms with E-state index >= 15 is 0 Å². The first-order chi connectivity index (χ1) is 17.0. The van der Waals surface area contributed by atoms with Crippen LogP contribution in [0, 0.1) is 5.92 Å². The van der Waals surface area contributed by atoms with Gasteiger partial charge in [-0.1, -0.05) is 60.5 Å². The van der Waals surface area contributed by atoms with Gasteiger partial charge < -0.3 is 10.2 Å². The van der Waals surface area contributed by atoms with Crippen LogP contribution < -0.4 is 0 Å². The number of thiazole rings is 1. The Balaban J connectivity index is 1.74. The number of allylic oxidation sites excluding steroid dienone is 1. The zero-order chi connectivity index (χ0) is 24.4. The minimum atomic E-state index is -0.973. The molecule has 0 aliphatic heterocycles. The number of rotatable bonds is 7. The first-order valence-corrected chi connectivity index (χ1v) is 12.8. The molecular weight excluding hydrogens is 478 g/mol. The van der Waals surface area contributed by atoms with E-state index in [0.717, 1.165) is 62.5 Å². The van der Waals surface area contributed by atoms with E-state index in [1.54, 1.807) is 17.4 Å². The smallest absolute Gasteiger partial charge is 0.328 e. The Labute approximate surface area is 212 Å². The number of carboxylic acids is 1. The number of aliphatic carboxylic acids is 1. The summed E-state index contributed by atoms with van der Waals surface area (Å²) in [5.41, 5.74) is 9.83. The van der Waals surface area contributed by atoms with Crippen molar-refractivity contribution >= 4 is 56.3 Å². The SMILES string of the molecule is O=C(O)/C=C/c1ccc(/C(=C(\c2ccc(CO)cc2Cl)C2CCC2)c2ccc3scnc3c2)cc1. The highest BCUT2D eigenvalue weighted by Crippen LogP contribution is 2.47. The molecule has 0 saturated heterocycles. The van der Waals surface area contributed by atoms with Crippen LogP contribution in [0.4, 0.5) is 0 Å². The molecule has 35 heavy (non-hydrogen) atoms. The minimum absolute atomic E-state index is 0.0544. The van der Waals surface area contributed by atoms with Crippen LogP contribution in [0.3, 0.4) is 0 Å². The van der Waals surface area contributed by atoms with Crippen molar-refractivity contribution in [3.63, 3.8) is 0 Å². The summed E-state index contributed by atoms with van der Waals surface area (Å²) in [6, 6.07) is 20.1. The Morgan fingerprint density at radius 2 is 1.83 bits per heavy atom. The van der Waals surface area contributed by atoms with Crippen molar-refractivity contribution in [2.45, 2.75) is 25.9 Å². The maximum atomic E-state index is 10.9. The Hall–Kier alpha value is -3.25. The quantitative estimate of drug-likeness (QED) is 0.206. The van der Waals surface area contributed by atoms with Crippen LogP contribution in [0.15, 0.2) is 72.3 Å². The number of aliphatic hydroxyl groups is 1. The topological polar surface area (TPSA) is 70.4 Å². The molecule has 3 aromatic carbocycles. The lowest BCUT2D eigenvalue weighted by molar-refractivity contribution is -0.131. The highest BCUT2D eigenvalue weighted by Gasteiger charge is 2.28. The molecule has 176 valence electrons. The van der Waals surface area contributed by atoms with Crippen molar-refractivity contribution in [3.8, 4) is 0 Å². The summed E-state index contributed by atoms with van der Waals surface area (Å²) < 4.78 is 1.14. The van der Waals surface area contributed by atoms with E-state index in [0.29, 0.717) is 10.9 Å². The first-order valence-electron chi connectivity index (χ1n) is 11.5. The number of hydrogen-bond donors (Lipinski definition) is 2. The number of fused-ring (bicyclic) bond motifs is 1. The summed E-state index contributed by atoms with van der Waals surface area (Å²) in [5.74, 6) is -0.598. The Morgan fingerprint density at radius 3 is 2.49 bits per heavy atom. The van der Waals surface area contributed by atoms with Crippen LogP contribution in [0.1, 0.15) is 47.1 Å². The fourth-order valence-corrected chi connectivity index (χ4v) is 5.51. The lowest BCUT2D eigenvalue weighted by atomic mass is 9.73. The molecule has 2 N–H and O–H groups in total. The number of carbonyl (C=O) groups is 1. The van der Waals surface area contributed by atoms with Crippen LogP contribution in [0.2, 0.25) is 5.02 Å². The second-order valence-electron chi connectivity index (χ2n) is 8.72. The highest BCUT2D eigenvalue weighted by molar-refractivity contribution is 7.16. The first kappa shape index (κ1) is 23.5. The Kier molecular flexibility index (Phi) is 6.82. The van der Waals surface area contributed by atoms with Gasteiger partial charge in [0.1, 0.15) is 0 Å². The van der Waals surface area contributed by atoms with Crippen molar-refractivity contribution in [3.05, 3.63) is 105 Å². The van der Waals surface area contributed by atoms with Crippen LogP contribution in [-0.2, 0) is 11.4 Å². The van der Waals surface area contributed by atoms with Crippen molar-refractivity contribution < 1.29 is 15.0 Å². The largest absolute Gasteiger partial charge is 0.478 e. The van der Waals surface area contributed by atoms with E-state index in [4.69, 9.17) is 16.7 Å². The number of nitrogens with zero attached hydrogens (tertiary/aromatic N) is 1. The molecule has 1 heterocycles. The molecule has 1 saturated carbocycles. The molecule has 1 aliphatic rings. The summed E-state index contributed by atoms with van der Waals surface area (Å²) in [4.78, 5) is 15.5. The fraction of sp³-hybridized carbons (Fsp3) is 0.172. The number of aliphatic hydroxyl groups excluding tert-OH is 1. The molecule has 0 amide bonds. The van der Waals surface area contributed by atoms with Crippen molar-refractivity contribution in [2.24, 2.45) is 5.92 Å². The van der Waals surface area contributed by atoms with Gasteiger partial charge in [-0.15, -0.1) is 11.3 Å². The fourth-order valence-electron chi connectivity index (χ4n) is 4.55. The number of aromatic nitrogens is 1. The number of carboxylic acid groups (broad SMARTS) is 1. The lowest BCUT2D eigenvalue weighted by Crippen LogP contribution is -2.15. The number of halogens is 1. The van der Waals surface area contributed by atoms with Gasteiger partial charge in [-0.25, -0.2) is 9.78 Å². The third kappa shape index (κ3) is 4.94. The van der Waals surface area contributed by atoms with Crippen LogP contribution >= 0.6 is 22.9 Å². The highest BCUT2D eigenvalue weighted by atomic mass is 35.5. The average Bonchev–Trinajstić information content (AvgIpc) is 3.30. The van der Waals surface area contributed by atoms with Gasteiger partial charge in [-0.2, -0.15) is 0 Å². The van der Waals surface area contributed by atoms with E-state index in [2.05, 4.69) is 23.2 Å². The van der Waals surface area contributed by atoms with E-state index in [1.807, 2.05) is 48.0 Å². The van der Waals surface area contributed by atoms with Gasteiger partial charge in [0.25, 0.3) is 0 Å². The third-order valence-electron chi connectivity index (χ3n) is 6.53. The van der Waals surface area contributed by atoms with Gasteiger partial charge in [0.15, 0.2) is 0 Å². The molecule has 0 bridgehead atoms. The molecule has 4 nitrogen and oxygen atoms in total. The maximum Gasteiger partial charge on any atom is 0.328 e. The van der Waals surface area contributed by atoms with Crippen LogP contribution in [0.5, 0.6) is 0 Å². The number of benzene rings is 3. The third-order valence-corrected chi connectivity index (χ3v) is 7.65. The molecule has 0 radical (unpaired) electrons. The van der Waals surface area contributed by atoms with Gasteiger partial charge >= 0.3 is 5.97 Å². The van der Waals surface area contributed by atoms with Gasteiger partial charge in [0, 0.05) is 11.1 Å². The average molecular weight is 502 g/mol. The molecule has 4 aromatic rings. The van der Waals surface area contributed by atoms with Crippen molar-refractivity contribution in [2.75, 3.05) is 0 Å². The summed E-state index contributed by atoms with van der Waals surface area (Å²) in [5, 5.41) is 19.2. The molecule has 6 heteroatoms. The van der Waals surface area contributed by atoms with Gasteiger partial charge in [0.05, 0.1) is 22.3 Å². The van der Waals surface area contributed by atoms with Gasteiger partial charge in [0.2, 0.25) is 0 Å². The summed E-state index contributed by atoms with van der Waals surface area (Å²) in [6.07, 6.45) is 6.10. The maximum absolute atomic E-state index is 10.9. The predicted octanol–water partition coefficient (Wildman–Crippen LogP) is 7.30. The van der Waals surface area contributed by atoms with Gasteiger partial charge in [-0.3, -0.25) is 0 Å². The van der Waals surface area contributed by atoms with E-state index in [9.17, 15) is 9.90 Å². The molecule has 1 fully saturated rings. The second-order valence-corrected chi connectivity index (χ2v) is 10.0. The lowest BCUT2D eigenvalue weighted by Gasteiger charge is -2.32. The second kappa shape index (κ2) is 10.2. The Morgan fingerprint density at radius 1 is 1.06 bits per heavy atom. The van der Waals surface area contributed by atoms with E-state index < -0.39 is 5.97 Å². The summed E-state index contributed by atoms with van der Waals surface area (Å²) >= 11 is 8.42. The molecule has 1 aliphatic carbocycles. The molecule has 1 aromatic heterocycles. The summed E-state index contributed by atoms with van der Waals surface area (Å²) in [6.45, 7) is -0.0544. The van der Waals surface area contributed by atoms with Crippen LogP contribution in [-0.4, -0.2) is 21.2 Å². The molecule has 0 atom stereocenters. The zero-order valence-corrected chi connectivity index (χ0v) is 20.5. The van der Waals surface area contributed by atoms with Crippen molar-refractivity contribution in [1.82, 2.24) is 4.98 Å². The Bertz CT molecular complexity index is 1450. The van der Waals surface area contributed by atoms with Crippen LogP contribution in [0.25, 0.3) is 27.4 Å². The minimum Gasteiger partial charge on any atom is -0.478 e. The number of hydrogen-bond acceptors (Lipinski definition) is 4. The summed E-state index contributed by atoms with van der Waals surface area (Å²) in [7, 11) is 0. The zero-order valence-electron chi connectivity index (χ0n) is 18.9. The normalized spacial score (nSPS) is 14.8. The molecule has 0 spiro atoms. The molecular formula is C29H24ClNO3S. The monoisotopic (exact) mass is 501 g/mol. The van der Waals surface area contributed by atoms with E-state index in [1.165, 1.54) is 12.0 Å². The molecule has 0 unspecified atom stereocenters. The van der Waals surface area contributed by atoms with E-state index in [-0.39, 0.29) is 6.61 Å². The van der Waals surface area contributed by atoms with Crippen molar-refractivity contribution in [1.29, 1.82) is 0 Å². The standard InChI is InChI=1S/C29H24ClNO3S/c30-24-14-19(16-32)6-11-23(24)29(20-2-1-3-20)28(22-10-12-26-25(15-22)31-17-35-26)21-8-4-18(5-9-21)7-13-27(33)34/h4-15,17,20,32H,1-3,16H2,(H,33,34)/b13-7+,29-28+. The van der Waals surface area contributed by atoms with Gasteiger partial charge in [-0.05, 0) is 82.0 Å².